The van der Waals surface area contributed by atoms with Crippen LogP contribution in [0, 0.1) is 13.8 Å². The van der Waals surface area contributed by atoms with Gasteiger partial charge in [-0.2, -0.15) is 0 Å². The molecule has 0 aliphatic carbocycles. The van der Waals surface area contributed by atoms with Crippen LogP contribution < -0.4 is 10.6 Å². The molecule has 1 amide bonds. The molecule has 0 aliphatic heterocycles. The monoisotopic (exact) mass is 386 g/mol. The fraction of sp³-hybridized carbons (Fsp3) is 0.105. The Morgan fingerprint density at radius 2 is 1.77 bits per heavy atom. The molecule has 0 saturated heterocycles. The van der Waals surface area contributed by atoms with E-state index in [0.717, 1.165) is 16.8 Å². The zero-order chi connectivity index (χ0) is 18.7. The Balaban J connectivity index is 1.78. The minimum absolute atomic E-state index is 0.236. The smallest absolute Gasteiger partial charge is 0.274 e. The quantitative estimate of drug-likeness (QED) is 0.629. The van der Waals surface area contributed by atoms with Gasteiger partial charge < -0.3 is 10.6 Å². The summed E-state index contributed by atoms with van der Waals surface area (Å²) in [5.74, 6) is -0.0388. The fourth-order valence-corrected chi connectivity index (χ4v) is 2.61. The Morgan fingerprint density at radius 3 is 2.54 bits per heavy atom. The first-order valence-corrected chi connectivity index (χ1v) is 8.62. The lowest BCUT2D eigenvalue weighted by Gasteiger charge is -2.10. The number of hydrogen-bond acceptors (Lipinski definition) is 4. The van der Waals surface area contributed by atoms with Crippen molar-refractivity contribution in [3.8, 4) is 0 Å². The Labute approximate surface area is 161 Å². The highest BCUT2D eigenvalue weighted by molar-refractivity contribution is 6.31. The van der Waals surface area contributed by atoms with Crippen LogP contribution in [0.4, 0.5) is 17.3 Å². The molecule has 5 nitrogen and oxygen atoms in total. The zero-order valence-corrected chi connectivity index (χ0v) is 15.7. The highest BCUT2D eigenvalue weighted by Gasteiger charge is 2.11. The second-order valence-electron chi connectivity index (χ2n) is 5.77. The van der Waals surface area contributed by atoms with Crippen molar-refractivity contribution in [1.82, 2.24) is 9.97 Å². The summed E-state index contributed by atoms with van der Waals surface area (Å²) in [6.07, 6.45) is 1.52. The number of rotatable bonds is 4. The van der Waals surface area contributed by atoms with Crippen molar-refractivity contribution in [3.63, 3.8) is 0 Å². The van der Waals surface area contributed by atoms with Crippen LogP contribution in [0.5, 0.6) is 0 Å². The fourth-order valence-electron chi connectivity index (χ4n) is 2.26. The first-order valence-electron chi connectivity index (χ1n) is 7.86. The topological polar surface area (TPSA) is 66.9 Å². The molecule has 0 atom stereocenters. The number of benzene rings is 2. The Bertz CT molecular complexity index is 976. The number of aryl methyl sites for hydroxylation is 2. The summed E-state index contributed by atoms with van der Waals surface area (Å²) in [7, 11) is 0. The third-order valence-corrected chi connectivity index (χ3v) is 4.41. The van der Waals surface area contributed by atoms with E-state index in [1.807, 2.05) is 32.0 Å². The summed E-state index contributed by atoms with van der Waals surface area (Å²) in [4.78, 5) is 20.9. The molecule has 2 aromatic carbocycles. The summed E-state index contributed by atoms with van der Waals surface area (Å²) in [6.45, 7) is 3.81. The van der Waals surface area contributed by atoms with Crippen molar-refractivity contribution in [1.29, 1.82) is 0 Å². The van der Waals surface area contributed by atoms with E-state index in [2.05, 4.69) is 20.6 Å². The van der Waals surface area contributed by atoms with E-state index < -0.39 is 0 Å². The second kappa shape index (κ2) is 7.72. The number of carbonyl (C=O) groups is 1. The number of nitrogens with zero attached hydrogens (tertiary/aromatic N) is 2. The van der Waals surface area contributed by atoms with Crippen LogP contribution in [0.15, 0.2) is 48.7 Å². The standard InChI is InChI=1S/C19H16Cl2N4O/c1-11-4-6-14(10-15(11)21)23-19-22-8-7-16(25-19)18(26)24-17-9-13(20)5-3-12(17)2/h3-10H,1-2H3,(H,24,26)(H,22,23,25). The molecule has 3 rings (SSSR count). The first kappa shape index (κ1) is 18.2. The summed E-state index contributed by atoms with van der Waals surface area (Å²) in [6, 6.07) is 12.4. The second-order valence-corrected chi connectivity index (χ2v) is 6.61. The van der Waals surface area contributed by atoms with Crippen molar-refractivity contribution in [2.75, 3.05) is 10.6 Å². The average Bonchev–Trinajstić information content (AvgIpc) is 2.61. The van der Waals surface area contributed by atoms with Crippen molar-refractivity contribution in [2.45, 2.75) is 13.8 Å². The van der Waals surface area contributed by atoms with Gasteiger partial charge in [0.25, 0.3) is 5.91 Å². The van der Waals surface area contributed by atoms with Gasteiger partial charge in [0.2, 0.25) is 5.95 Å². The Morgan fingerprint density at radius 1 is 1.00 bits per heavy atom. The van der Waals surface area contributed by atoms with Gasteiger partial charge in [0.15, 0.2) is 0 Å². The lowest BCUT2D eigenvalue weighted by Crippen LogP contribution is -2.15. The molecule has 7 heteroatoms. The van der Waals surface area contributed by atoms with Crippen LogP contribution >= 0.6 is 23.2 Å². The molecule has 3 aromatic rings. The van der Waals surface area contributed by atoms with Gasteiger partial charge in [0.05, 0.1) is 0 Å². The minimum atomic E-state index is -0.345. The van der Waals surface area contributed by atoms with Crippen LogP contribution in [0.25, 0.3) is 0 Å². The maximum absolute atomic E-state index is 12.5. The predicted octanol–water partition coefficient (Wildman–Crippen LogP) is 5.40. The Hall–Kier alpha value is -2.63. The van der Waals surface area contributed by atoms with Crippen molar-refractivity contribution >= 4 is 46.4 Å². The number of hydrogen-bond donors (Lipinski definition) is 2. The number of aromatic nitrogens is 2. The maximum Gasteiger partial charge on any atom is 0.274 e. The summed E-state index contributed by atoms with van der Waals surface area (Å²) in [5.41, 5.74) is 3.50. The van der Waals surface area contributed by atoms with Gasteiger partial charge in [-0.15, -0.1) is 0 Å². The van der Waals surface area contributed by atoms with Crippen molar-refractivity contribution in [3.05, 3.63) is 75.5 Å². The molecular formula is C19H16Cl2N4O. The molecule has 0 fully saturated rings. The van der Waals surface area contributed by atoms with E-state index in [4.69, 9.17) is 23.2 Å². The third kappa shape index (κ3) is 4.31. The van der Waals surface area contributed by atoms with Crippen LogP contribution in [0.3, 0.4) is 0 Å². The average molecular weight is 387 g/mol. The first-order chi connectivity index (χ1) is 12.4. The molecule has 0 bridgehead atoms. The molecule has 0 spiro atoms. The largest absolute Gasteiger partial charge is 0.324 e. The lowest BCUT2D eigenvalue weighted by molar-refractivity contribution is 0.102. The van der Waals surface area contributed by atoms with Gasteiger partial charge in [-0.05, 0) is 55.3 Å². The number of nitrogens with one attached hydrogen (secondary N) is 2. The summed E-state index contributed by atoms with van der Waals surface area (Å²) in [5, 5.41) is 7.04. The van der Waals surface area contributed by atoms with Gasteiger partial charge in [-0.3, -0.25) is 4.79 Å². The minimum Gasteiger partial charge on any atom is -0.324 e. The molecule has 2 N–H and O–H groups in total. The summed E-state index contributed by atoms with van der Waals surface area (Å²) < 4.78 is 0. The molecule has 26 heavy (non-hydrogen) atoms. The van der Waals surface area contributed by atoms with Gasteiger partial charge >= 0.3 is 0 Å². The molecule has 1 heterocycles. The van der Waals surface area contributed by atoms with Gasteiger partial charge in [-0.1, -0.05) is 35.3 Å². The molecule has 0 saturated carbocycles. The highest BCUT2D eigenvalue weighted by atomic mass is 35.5. The van der Waals surface area contributed by atoms with Crippen molar-refractivity contribution < 1.29 is 4.79 Å². The number of amides is 1. The van der Waals surface area contributed by atoms with E-state index in [0.29, 0.717) is 21.7 Å². The van der Waals surface area contributed by atoms with E-state index in [1.54, 1.807) is 24.3 Å². The third-order valence-electron chi connectivity index (χ3n) is 3.76. The van der Waals surface area contributed by atoms with E-state index in [9.17, 15) is 4.79 Å². The molecule has 0 unspecified atom stereocenters. The van der Waals surface area contributed by atoms with Crippen LogP contribution in [-0.4, -0.2) is 15.9 Å². The maximum atomic E-state index is 12.5. The highest BCUT2D eigenvalue weighted by Crippen LogP contribution is 2.23. The SMILES string of the molecule is Cc1ccc(Nc2nccc(C(=O)Nc3cc(Cl)ccc3C)n2)cc1Cl. The predicted molar refractivity (Wildman–Crippen MR) is 106 cm³/mol. The summed E-state index contributed by atoms with van der Waals surface area (Å²) >= 11 is 12.1. The number of halogens is 2. The molecule has 1 aromatic heterocycles. The Kier molecular flexibility index (Phi) is 5.40. The molecule has 132 valence electrons. The molecular weight excluding hydrogens is 371 g/mol. The van der Waals surface area contributed by atoms with Gasteiger partial charge in [0, 0.05) is 27.6 Å². The van der Waals surface area contributed by atoms with Gasteiger partial charge in [0.1, 0.15) is 5.69 Å². The normalized spacial score (nSPS) is 10.5. The lowest BCUT2D eigenvalue weighted by atomic mass is 10.2. The zero-order valence-electron chi connectivity index (χ0n) is 14.2. The number of carbonyl (C=O) groups excluding carboxylic acids is 1. The van der Waals surface area contributed by atoms with Crippen molar-refractivity contribution in [2.24, 2.45) is 0 Å². The molecule has 0 radical (unpaired) electrons. The van der Waals surface area contributed by atoms with Gasteiger partial charge in [-0.25, -0.2) is 9.97 Å². The molecule has 0 aliphatic rings. The van der Waals surface area contributed by atoms with E-state index in [-0.39, 0.29) is 11.6 Å². The number of anilines is 3. The van der Waals surface area contributed by atoms with Crippen LogP contribution in [0.2, 0.25) is 10.0 Å². The van der Waals surface area contributed by atoms with E-state index in [1.165, 1.54) is 6.20 Å². The van der Waals surface area contributed by atoms with E-state index >= 15 is 0 Å². The van der Waals surface area contributed by atoms with Crippen LogP contribution in [-0.2, 0) is 0 Å². The van der Waals surface area contributed by atoms with Crippen LogP contribution in [0.1, 0.15) is 21.6 Å².